The van der Waals surface area contributed by atoms with Gasteiger partial charge in [0.2, 0.25) is 0 Å². The predicted octanol–water partition coefficient (Wildman–Crippen LogP) is 8.52. The van der Waals surface area contributed by atoms with Crippen LogP contribution in [0.5, 0.6) is 11.5 Å². The smallest absolute Gasteiger partial charge is 0.493 e. The summed E-state index contributed by atoms with van der Waals surface area (Å²) < 4.78 is 66.6. The van der Waals surface area contributed by atoms with Crippen LogP contribution in [0.4, 0.5) is 0 Å². The summed E-state index contributed by atoms with van der Waals surface area (Å²) in [6.07, 6.45) is 10.7. The Labute approximate surface area is 266 Å². The maximum atomic E-state index is 14.0. The van der Waals surface area contributed by atoms with E-state index in [0.29, 0.717) is 35.5 Å². The number of fused-ring (bicyclic) bond motifs is 2. The maximum Gasteiger partial charge on any atom is 0.504 e. The van der Waals surface area contributed by atoms with Crippen LogP contribution in [0.1, 0.15) is 78.1 Å². The lowest BCUT2D eigenvalue weighted by Crippen LogP contribution is -2.26. The molecule has 0 N–H and O–H groups in total. The van der Waals surface area contributed by atoms with E-state index in [-0.39, 0.29) is 20.6 Å². The van der Waals surface area contributed by atoms with E-state index in [1.165, 1.54) is 37.1 Å². The van der Waals surface area contributed by atoms with Crippen molar-refractivity contribution < 1.29 is 31.1 Å². The number of sulfone groups is 2. The largest absolute Gasteiger partial charge is 0.504 e. The number of nitrogens with zero attached hydrogens (tertiary/aromatic N) is 2. The van der Waals surface area contributed by atoms with Gasteiger partial charge in [-0.25, -0.2) is 16.8 Å². The third kappa shape index (κ3) is 7.93. The fraction of sp³-hybridized carbons (Fsp3) is 0.400. The Morgan fingerprint density at radius 2 is 0.933 bits per heavy atom. The highest BCUT2D eigenvalue weighted by Gasteiger charge is 2.45. The lowest BCUT2D eigenvalue weighted by Gasteiger charge is -2.13. The van der Waals surface area contributed by atoms with Gasteiger partial charge in [0.05, 0.1) is 23.0 Å². The third-order valence-corrected chi connectivity index (χ3v) is 12.1. The number of rotatable bonds is 16. The van der Waals surface area contributed by atoms with Crippen molar-refractivity contribution >= 4 is 45.6 Å². The topological polar surface area (TPSA) is 123 Å². The highest BCUT2D eigenvalue weighted by molar-refractivity contribution is 8.31. The second kappa shape index (κ2) is 16.0. The molecule has 0 unspecified atom stereocenters. The SMILES string of the molecule is CCCCCCCOc1ccc(S(=O)(=O)C(=[N+]=[N-])S(=O)(=O)c2ccc(OCCCCCCC)c3ccccc23)c2ccccc12. The van der Waals surface area contributed by atoms with Gasteiger partial charge in [-0.15, -0.1) is 4.79 Å². The van der Waals surface area contributed by atoms with Crippen molar-refractivity contribution in [2.24, 2.45) is 0 Å². The minimum absolute atomic E-state index is 0.268. The maximum absolute atomic E-state index is 14.0. The Balaban J connectivity index is 1.66. The van der Waals surface area contributed by atoms with Crippen LogP contribution in [0.2, 0.25) is 0 Å². The van der Waals surface area contributed by atoms with Crippen LogP contribution < -0.4 is 9.47 Å². The molecule has 4 rings (SSSR count). The molecule has 0 heterocycles. The Morgan fingerprint density at radius 3 is 1.31 bits per heavy atom. The summed E-state index contributed by atoms with van der Waals surface area (Å²) in [4.78, 5) is 2.30. The first kappa shape index (κ1) is 34.2. The van der Waals surface area contributed by atoms with E-state index in [4.69, 9.17) is 9.47 Å². The molecule has 0 aliphatic rings. The first-order valence-electron chi connectivity index (χ1n) is 15.8. The molecule has 0 amide bonds. The summed E-state index contributed by atoms with van der Waals surface area (Å²) in [6.45, 7) is 5.26. The Bertz CT molecular complexity index is 1750. The minimum atomic E-state index is -4.81. The van der Waals surface area contributed by atoms with Crippen LogP contribution in [0.3, 0.4) is 0 Å². The van der Waals surface area contributed by atoms with Gasteiger partial charge >= 0.3 is 4.38 Å². The van der Waals surface area contributed by atoms with E-state index in [1.54, 1.807) is 48.5 Å². The van der Waals surface area contributed by atoms with Crippen molar-refractivity contribution in [1.29, 1.82) is 0 Å². The normalized spacial score (nSPS) is 11.9. The molecule has 0 bridgehead atoms. The Morgan fingerprint density at radius 1 is 0.556 bits per heavy atom. The molecule has 45 heavy (non-hydrogen) atoms. The molecule has 0 atom stereocenters. The molecule has 0 aliphatic carbocycles. The number of hydrogen-bond donors (Lipinski definition) is 0. The summed E-state index contributed by atoms with van der Waals surface area (Å²) in [6, 6.07) is 19.1. The molecule has 0 fully saturated rings. The number of benzene rings is 4. The van der Waals surface area contributed by atoms with Crippen molar-refractivity contribution in [2.45, 2.75) is 87.8 Å². The number of ether oxygens (including phenoxy) is 2. The average molecular weight is 651 g/mol. The molecule has 240 valence electrons. The molecular formula is C35H42N2O6S2. The third-order valence-electron chi connectivity index (χ3n) is 7.82. The van der Waals surface area contributed by atoms with Crippen molar-refractivity contribution in [1.82, 2.24) is 0 Å². The van der Waals surface area contributed by atoms with Gasteiger partial charge in [-0.1, -0.05) is 114 Å². The molecule has 0 spiro atoms. The van der Waals surface area contributed by atoms with Crippen LogP contribution in [0.15, 0.2) is 82.6 Å². The van der Waals surface area contributed by atoms with Crippen LogP contribution in [-0.2, 0) is 19.7 Å². The Kier molecular flexibility index (Phi) is 12.2. The van der Waals surface area contributed by atoms with E-state index in [9.17, 15) is 22.4 Å². The van der Waals surface area contributed by atoms with Crippen LogP contribution >= 0.6 is 0 Å². The zero-order chi connectivity index (χ0) is 32.3. The molecular weight excluding hydrogens is 609 g/mol. The van der Waals surface area contributed by atoms with Gasteiger partial charge in [0.25, 0.3) is 19.7 Å². The number of unbranched alkanes of at least 4 members (excludes halogenated alkanes) is 8. The zero-order valence-corrected chi connectivity index (χ0v) is 27.7. The van der Waals surface area contributed by atoms with Crippen LogP contribution in [0, 0.1) is 0 Å². The summed E-state index contributed by atoms with van der Waals surface area (Å²) in [5.74, 6) is 0.995. The second-order valence-electron chi connectivity index (χ2n) is 11.1. The molecule has 4 aromatic carbocycles. The fourth-order valence-corrected chi connectivity index (χ4v) is 9.14. The van der Waals surface area contributed by atoms with E-state index in [1.807, 2.05) is 0 Å². The molecule has 0 aromatic heterocycles. The quantitative estimate of drug-likeness (QED) is 0.0394. The monoisotopic (exact) mass is 650 g/mol. The molecule has 10 heteroatoms. The predicted molar refractivity (Wildman–Crippen MR) is 179 cm³/mol. The summed E-state index contributed by atoms with van der Waals surface area (Å²) in [5, 5.41) is 1.57. The van der Waals surface area contributed by atoms with E-state index < -0.39 is 24.1 Å². The average Bonchev–Trinajstić information content (AvgIpc) is 3.04. The van der Waals surface area contributed by atoms with E-state index in [0.717, 1.165) is 51.4 Å². The van der Waals surface area contributed by atoms with Gasteiger partial charge in [-0.2, -0.15) is 0 Å². The van der Waals surface area contributed by atoms with Gasteiger partial charge in [0.15, 0.2) is 0 Å². The van der Waals surface area contributed by atoms with Gasteiger partial charge in [-0.05, 0) is 37.1 Å². The summed E-state index contributed by atoms with van der Waals surface area (Å²) in [7, 11) is -9.63. The summed E-state index contributed by atoms with van der Waals surface area (Å²) in [5.41, 5.74) is 9.96. The van der Waals surface area contributed by atoms with Crippen molar-refractivity contribution in [3.8, 4) is 11.5 Å². The highest BCUT2D eigenvalue weighted by Crippen LogP contribution is 2.36. The standard InChI is InChI=1S/C35H42N2O6S2/c1-3-5-7-9-15-25-42-31-21-23-33(29-19-13-11-17-27(29)31)44(38,39)35(37-36)45(40,41)34-24-22-32(28-18-12-14-20-30(28)34)43-26-16-10-8-6-4-2/h11-14,17-24H,3-10,15-16,25-26H2,1-2H3. The van der Waals surface area contributed by atoms with Crippen molar-refractivity contribution in [3.05, 3.63) is 78.3 Å². The van der Waals surface area contributed by atoms with Crippen LogP contribution in [-0.4, -0.2) is 39.2 Å². The molecule has 0 aliphatic heterocycles. The highest BCUT2D eigenvalue weighted by atomic mass is 32.3. The zero-order valence-electron chi connectivity index (χ0n) is 26.1. The molecule has 4 aromatic rings. The van der Waals surface area contributed by atoms with Gasteiger partial charge < -0.3 is 15.0 Å². The summed E-state index contributed by atoms with van der Waals surface area (Å²) >= 11 is 0. The Hall–Kier alpha value is -3.72. The van der Waals surface area contributed by atoms with Gasteiger partial charge in [0, 0.05) is 21.5 Å². The lowest BCUT2D eigenvalue weighted by atomic mass is 10.1. The van der Waals surface area contributed by atoms with Crippen molar-refractivity contribution in [2.75, 3.05) is 13.2 Å². The molecule has 0 radical (unpaired) electrons. The van der Waals surface area contributed by atoms with Crippen molar-refractivity contribution in [3.63, 3.8) is 0 Å². The van der Waals surface area contributed by atoms with E-state index in [2.05, 4.69) is 18.6 Å². The fourth-order valence-electron chi connectivity index (χ4n) is 5.42. The molecule has 0 saturated carbocycles. The minimum Gasteiger partial charge on any atom is -0.493 e. The molecule has 0 saturated heterocycles. The first-order chi connectivity index (χ1) is 21.8. The second-order valence-corrected chi connectivity index (χ2v) is 15.0. The first-order valence-corrected chi connectivity index (χ1v) is 18.7. The van der Waals surface area contributed by atoms with Gasteiger partial charge in [-0.3, -0.25) is 0 Å². The lowest BCUT2D eigenvalue weighted by molar-refractivity contribution is 0.00381. The van der Waals surface area contributed by atoms with E-state index >= 15 is 0 Å². The molecule has 8 nitrogen and oxygen atoms in total. The van der Waals surface area contributed by atoms with Crippen LogP contribution in [0.25, 0.3) is 27.1 Å². The van der Waals surface area contributed by atoms with Gasteiger partial charge in [0.1, 0.15) is 11.5 Å². The number of hydrogen-bond acceptors (Lipinski definition) is 6.